The molecule has 1 aromatic carbocycles. The van der Waals surface area contributed by atoms with Gasteiger partial charge in [0.05, 0.1) is 5.75 Å². The van der Waals surface area contributed by atoms with E-state index < -0.39 is 10.1 Å². The third-order valence-electron chi connectivity index (χ3n) is 2.28. The fourth-order valence-corrected chi connectivity index (χ4v) is 1.73. The zero-order chi connectivity index (χ0) is 12.4. The topological polar surface area (TPSA) is 43.4 Å². The van der Waals surface area contributed by atoms with E-state index in [1.807, 2.05) is 6.07 Å². The molecule has 0 saturated heterocycles. The van der Waals surface area contributed by atoms with Gasteiger partial charge in [0.25, 0.3) is 0 Å². The second kappa shape index (κ2) is 4.45. The summed E-state index contributed by atoms with van der Waals surface area (Å²) in [5, 5.41) is 0. The van der Waals surface area contributed by atoms with Crippen molar-refractivity contribution in [3.63, 3.8) is 0 Å². The van der Waals surface area contributed by atoms with Crippen molar-refractivity contribution >= 4 is 10.1 Å². The number of benzene rings is 1. The summed E-state index contributed by atoms with van der Waals surface area (Å²) in [5.74, 6) is 0.363. The van der Waals surface area contributed by atoms with Crippen LogP contribution in [0.4, 0.5) is 0 Å². The summed E-state index contributed by atoms with van der Waals surface area (Å²) in [5.41, 5.74) is 1.03. The zero-order valence-electron chi connectivity index (χ0n) is 10.1. The molecule has 0 radical (unpaired) electrons. The first-order valence-electron chi connectivity index (χ1n) is 5.27. The summed E-state index contributed by atoms with van der Waals surface area (Å²) < 4.78 is 27.6. The normalized spacial score (nSPS) is 12.5. The number of rotatable bonds is 3. The van der Waals surface area contributed by atoms with Gasteiger partial charge in [-0.05, 0) is 30.0 Å². The van der Waals surface area contributed by atoms with E-state index in [1.54, 1.807) is 25.1 Å². The predicted molar refractivity (Wildman–Crippen MR) is 65.2 cm³/mol. The van der Waals surface area contributed by atoms with Gasteiger partial charge in [-0.2, -0.15) is 8.42 Å². The van der Waals surface area contributed by atoms with E-state index in [0.717, 1.165) is 5.56 Å². The molecule has 0 amide bonds. The smallest absolute Gasteiger partial charge is 0.308 e. The van der Waals surface area contributed by atoms with Gasteiger partial charge < -0.3 is 4.18 Å². The van der Waals surface area contributed by atoms with Crippen LogP contribution < -0.4 is 4.18 Å². The highest BCUT2D eigenvalue weighted by Gasteiger charge is 2.15. The SMILES string of the molecule is CCS(=O)(=O)Oc1cccc(C(C)(C)C)c1. The lowest BCUT2D eigenvalue weighted by Gasteiger charge is -2.19. The van der Waals surface area contributed by atoms with Crippen molar-refractivity contribution in [2.45, 2.75) is 33.1 Å². The molecular formula is C12H18O3S. The van der Waals surface area contributed by atoms with Crippen LogP contribution in [0.1, 0.15) is 33.3 Å². The van der Waals surface area contributed by atoms with Crippen molar-refractivity contribution in [3.8, 4) is 5.75 Å². The van der Waals surface area contributed by atoms with Crippen LogP contribution in [0.5, 0.6) is 5.75 Å². The van der Waals surface area contributed by atoms with Gasteiger partial charge in [-0.3, -0.25) is 0 Å². The fourth-order valence-electron chi connectivity index (χ4n) is 1.22. The minimum Gasteiger partial charge on any atom is -0.382 e. The minimum atomic E-state index is -3.43. The van der Waals surface area contributed by atoms with Crippen LogP contribution in [-0.2, 0) is 15.5 Å². The first-order chi connectivity index (χ1) is 7.24. The van der Waals surface area contributed by atoms with Crippen molar-refractivity contribution in [2.75, 3.05) is 5.75 Å². The van der Waals surface area contributed by atoms with Crippen molar-refractivity contribution in [1.29, 1.82) is 0 Å². The quantitative estimate of drug-likeness (QED) is 0.765. The molecule has 0 saturated carbocycles. The Bertz CT molecular complexity index is 455. The predicted octanol–water partition coefficient (Wildman–Crippen LogP) is 2.71. The molecule has 0 aliphatic carbocycles. The Morgan fingerprint density at radius 3 is 2.38 bits per heavy atom. The summed E-state index contributed by atoms with van der Waals surface area (Å²) in [6, 6.07) is 7.20. The summed E-state index contributed by atoms with van der Waals surface area (Å²) in [4.78, 5) is 0. The fraction of sp³-hybridized carbons (Fsp3) is 0.500. The lowest BCUT2D eigenvalue weighted by atomic mass is 9.87. The van der Waals surface area contributed by atoms with Crippen LogP contribution in [0.2, 0.25) is 0 Å². The van der Waals surface area contributed by atoms with Crippen LogP contribution in [0.15, 0.2) is 24.3 Å². The molecule has 0 bridgehead atoms. The Morgan fingerprint density at radius 2 is 1.88 bits per heavy atom. The second-order valence-electron chi connectivity index (χ2n) is 4.71. The van der Waals surface area contributed by atoms with E-state index in [0.29, 0.717) is 5.75 Å². The minimum absolute atomic E-state index is 0.0185. The molecule has 0 fully saturated rings. The van der Waals surface area contributed by atoms with Crippen molar-refractivity contribution in [2.24, 2.45) is 0 Å². The molecule has 0 heterocycles. The average molecular weight is 242 g/mol. The maximum atomic E-state index is 11.3. The third-order valence-corrected chi connectivity index (χ3v) is 3.43. The monoisotopic (exact) mass is 242 g/mol. The molecule has 0 N–H and O–H groups in total. The molecule has 0 atom stereocenters. The van der Waals surface area contributed by atoms with E-state index in [-0.39, 0.29) is 11.2 Å². The Labute approximate surface area is 97.6 Å². The zero-order valence-corrected chi connectivity index (χ0v) is 11.0. The Balaban J connectivity index is 3.01. The van der Waals surface area contributed by atoms with E-state index in [2.05, 4.69) is 20.8 Å². The van der Waals surface area contributed by atoms with Gasteiger partial charge in [0.2, 0.25) is 0 Å². The van der Waals surface area contributed by atoms with E-state index in [1.165, 1.54) is 0 Å². The Hall–Kier alpha value is -1.03. The average Bonchev–Trinajstić information content (AvgIpc) is 2.16. The highest BCUT2D eigenvalue weighted by atomic mass is 32.2. The molecule has 0 aliphatic heterocycles. The highest BCUT2D eigenvalue weighted by molar-refractivity contribution is 7.87. The van der Waals surface area contributed by atoms with Gasteiger partial charge in [-0.25, -0.2) is 0 Å². The molecule has 0 aromatic heterocycles. The van der Waals surface area contributed by atoms with E-state index >= 15 is 0 Å². The molecule has 0 spiro atoms. The van der Waals surface area contributed by atoms with Crippen LogP contribution in [0.25, 0.3) is 0 Å². The largest absolute Gasteiger partial charge is 0.382 e. The Kier molecular flexibility index (Phi) is 3.63. The molecular weight excluding hydrogens is 224 g/mol. The van der Waals surface area contributed by atoms with Crippen molar-refractivity contribution in [1.82, 2.24) is 0 Å². The molecule has 3 nitrogen and oxygen atoms in total. The van der Waals surface area contributed by atoms with Gasteiger partial charge in [0.15, 0.2) is 0 Å². The third kappa shape index (κ3) is 3.52. The van der Waals surface area contributed by atoms with E-state index in [4.69, 9.17) is 4.18 Å². The maximum absolute atomic E-state index is 11.3. The summed E-state index contributed by atoms with van der Waals surface area (Å²) in [6.45, 7) is 7.77. The molecule has 0 unspecified atom stereocenters. The summed E-state index contributed by atoms with van der Waals surface area (Å²) in [6.07, 6.45) is 0. The lowest BCUT2D eigenvalue weighted by Crippen LogP contribution is -2.14. The van der Waals surface area contributed by atoms with Crippen LogP contribution in [0.3, 0.4) is 0 Å². The van der Waals surface area contributed by atoms with Gasteiger partial charge in [-0.15, -0.1) is 0 Å². The molecule has 4 heteroatoms. The van der Waals surface area contributed by atoms with Crippen LogP contribution in [-0.4, -0.2) is 14.2 Å². The molecule has 0 aliphatic rings. The number of hydrogen-bond donors (Lipinski definition) is 0. The molecule has 1 aromatic rings. The van der Waals surface area contributed by atoms with Gasteiger partial charge >= 0.3 is 10.1 Å². The van der Waals surface area contributed by atoms with Crippen molar-refractivity contribution < 1.29 is 12.6 Å². The lowest BCUT2D eigenvalue weighted by molar-refractivity contribution is 0.485. The molecule has 1 rings (SSSR count). The first kappa shape index (κ1) is 13.0. The van der Waals surface area contributed by atoms with Gasteiger partial charge in [0, 0.05) is 0 Å². The van der Waals surface area contributed by atoms with E-state index in [9.17, 15) is 8.42 Å². The maximum Gasteiger partial charge on any atom is 0.308 e. The van der Waals surface area contributed by atoms with Crippen LogP contribution >= 0.6 is 0 Å². The van der Waals surface area contributed by atoms with Crippen molar-refractivity contribution in [3.05, 3.63) is 29.8 Å². The highest BCUT2D eigenvalue weighted by Crippen LogP contribution is 2.26. The Morgan fingerprint density at radius 1 is 1.25 bits per heavy atom. The number of hydrogen-bond acceptors (Lipinski definition) is 3. The summed E-state index contributed by atoms with van der Waals surface area (Å²) in [7, 11) is -3.43. The van der Waals surface area contributed by atoms with Gasteiger partial charge in [0.1, 0.15) is 5.75 Å². The molecule has 16 heavy (non-hydrogen) atoms. The van der Waals surface area contributed by atoms with Crippen LogP contribution in [0, 0.1) is 0 Å². The second-order valence-corrected chi connectivity index (χ2v) is 6.57. The van der Waals surface area contributed by atoms with Gasteiger partial charge in [-0.1, -0.05) is 32.9 Å². The molecule has 90 valence electrons. The standard InChI is InChI=1S/C12H18O3S/c1-5-16(13,14)15-11-8-6-7-10(9-11)12(2,3)4/h6-9H,5H2,1-4H3. The summed E-state index contributed by atoms with van der Waals surface area (Å²) >= 11 is 0. The first-order valence-corrected chi connectivity index (χ1v) is 6.85.